The van der Waals surface area contributed by atoms with E-state index in [9.17, 15) is 0 Å². The molecule has 128 valence electrons. The molecular weight excluding hydrogens is 356 g/mol. The minimum atomic E-state index is 1.06. The second-order valence-corrected chi connectivity index (χ2v) is 9.24. The molecule has 26 heavy (non-hydrogen) atoms. The van der Waals surface area contributed by atoms with Crippen LogP contribution in [0.3, 0.4) is 0 Å². The molecule has 3 aromatic carbocycles. The van der Waals surface area contributed by atoms with Gasteiger partial charge in [0.05, 0.1) is 22.1 Å². The molecule has 2 heterocycles. The van der Waals surface area contributed by atoms with Gasteiger partial charge < -0.3 is 0 Å². The predicted octanol–water partition coefficient (Wildman–Crippen LogP) is 5.75. The lowest BCUT2D eigenvalue weighted by Crippen LogP contribution is -2.18. The van der Waals surface area contributed by atoms with Crippen molar-refractivity contribution in [3.05, 3.63) is 69.4 Å². The third kappa shape index (κ3) is 2.51. The highest BCUT2D eigenvalue weighted by Gasteiger charge is 2.19. The zero-order valence-corrected chi connectivity index (χ0v) is 16.8. The molecule has 0 aliphatic carbocycles. The van der Waals surface area contributed by atoms with Gasteiger partial charge in [-0.25, -0.2) is 9.98 Å². The van der Waals surface area contributed by atoms with E-state index in [4.69, 9.17) is 9.98 Å². The Morgan fingerprint density at radius 1 is 0.538 bits per heavy atom. The summed E-state index contributed by atoms with van der Waals surface area (Å²) in [4.78, 5) is 14.8. The molecular formula is C22H18N2S2. The highest BCUT2D eigenvalue weighted by atomic mass is 32.2. The molecule has 0 saturated heterocycles. The van der Waals surface area contributed by atoms with Gasteiger partial charge in [-0.1, -0.05) is 35.7 Å². The zero-order chi connectivity index (χ0) is 18.0. The topological polar surface area (TPSA) is 24.7 Å². The van der Waals surface area contributed by atoms with Crippen molar-refractivity contribution >= 4 is 34.9 Å². The molecule has 0 fully saturated rings. The van der Waals surface area contributed by atoms with Crippen molar-refractivity contribution in [3.8, 4) is 0 Å². The van der Waals surface area contributed by atoms with E-state index in [1.807, 2.05) is 23.5 Å². The minimum absolute atomic E-state index is 1.06. The van der Waals surface area contributed by atoms with Crippen molar-refractivity contribution in [3.63, 3.8) is 0 Å². The summed E-state index contributed by atoms with van der Waals surface area (Å²) in [7, 11) is 0. The molecule has 0 atom stereocenters. The van der Waals surface area contributed by atoms with Crippen LogP contribution in [0.1, 0.15) is 22.3 Å². The Hall–Kier alpha value is -2.04. The second kappa shape index (κ2) is 5.73. The van der Waals surface area contributed by atoms with Crippen LogP contribution >= 0.6 is 23.5 Å². The molecule has 2 nitrogen and oxygen atoms in total. The minimum Gasteiger partial charge on any atom is -0.246 e. The Labute approximate surface area is 161 Å². The lowest BCUT2D eigenvalue weighted by molar-refractivity contribution is 1.06. The summed E-state index contributed by atoms with van der Waals surface area (Å²) in [5.41, 5.74) is 7.27. The van der Waals surface area contributed by atoms with Gasteiger partial charge in [-0.3, -0.25) is 0 Å². The third-order valence-electron chi connectivity index (χ3n) is 4.76. The van der Waals surface area contributed by atoms with E-state index in [-0.39, 0.29) is 0 Å². The average Bonchev–Trinajstić information content (AvgIpc) is 2.57. The molecule has 0 aromatic heterocycles. The van der Waals surface area contributed by atoms with Crippen molar-refractivity contribution in [2.75, 3.05) is 0 Å². The summed E-state index contributed by atoms with van der Waals surface area (Å²) in [5.74, 6) is 0. The fraction of sp³-hybridized carbons (Fsp3) is 0.182. The van der Waals surface area contributed by atoms with Gasteiger partial charge in [-0.2, -0.15) is 0 Å². The number of hydrogen-bond donors (Lipinski definition) is 0. The summed E-state index contributed by atoms with van der Waals surface area (Å²) < 4.78 is 0. The number of nitrogens with zero attached hydrogens (tertiary/aromatic N) is 2. The van der Waals surface area contributed by atoms with Crippen LogP contribution in [0.25, 0.3) is 0 Å². The third-order valence-corrected chi connectivity index (χ3v) is 6.92. The number of rotatable bonds is 0. The van der Waals surface area contributed by atoms with Crippen molar-refractivity contribution in [2.45, 2.75) is 47.3 Å². The first-order chi connectivity index (χ1) is 12.5. The normalized spacial score (nSPS) is 13.7. The van der Waals surface area contributed by atoms with Gasteiger partial charge >= 0.3 is 0 Å². The molecule has 0 bridgehead atoms. The van der Waals surface area contributed by atoms with Crippen molar-refractivity contribution in [1.82, 2.24) is 0 Å². The van der Waals surface area contributed by atoms with Gasteiger partial charge in [-0.15, -0.1) is 0 Å². The van der Waals surface area contributed by atoms with Crippen molar-refractivity contribution in [1.29, 1.82) is 0 Å². The molecule has 2 aliphatic heterocycles. The van der Waals surface area contributed by atoms with Gasteiger partial charge in [0.2, 0.25) is 0 Å². The molecule has 0 amide bonds. The van der Waals surface area contributed by atoms with Crippen LogP contribution in [0.2, 0.25) is 0 Å². The molecule has 0 unspecified atom stereocenters. The van der Waals surface area contributed by atoms with E-state index in [0.717, 1.165) is 22.1 Å². The second-order valence-electron chi connectivity index (χ2n) is 7.07. The number of hydrogen-bond acceptors (Lipinski definition) is 4. The Balaban J connectivity index is 1.74. The monoisotopic (exact) mass is 374 g/mol. The van der Waals surface area contributed by atoms with Crippen LogP contribution in [0, 0.1) is 27.7 Å². The quantitative estimate of drug-likeness (QED) is 0.345. The van der Waals surface area contributed by atoms with Crippen molar-refractivity contribution in [2.24, 2.45) is 9.98 Å². The molecule has 0 spiro atoms. The molecule has 2 aliphatic rings. The van der Waals surface area contributed by atoms with Gasteiger partial charge in [0.15, 0.2) is 0 Å². The standard InChI is InChI=1S/C22H18N2S2/c1-11-5-13(3)21-19(7-11)25-17-9-16-18(10-15(17)23-21)26-20-8-12(2)6-14(4)22(20)24-16/h5-10H,1-4H3. The largest absolute Gasteiger partial charge is 0.246 e. The maximum Gasteiger partial charge on any atom is 0.0806 e. The maximum absolute atomic E-state index is 4.97. The van der Waals surface area contributed by atoms with Crippen LogP contribution in [-0.4, -0.2) is 0 Å². The number of fused-ring (bicyclic) bond motifs is 4. The average molecular weight is 375 g/mol. The lowest BCUT2D eigenvalue weighted by Gasteiger charge is -2.18. The molecule has 5 rings (SSSR count). The highest BCUT2D eigenvalue weighted by Crippen LogP contribution is 2.42. The van der Waals surface area contributed by atoms with Crippen molar-refractivity contribution < 1.29 is 0 Å². The fourth-order valence-electron chi connectivity index (χ4n) is 3.64. The Morgan fingerprint density at radius 2 is 0.962 bits per heavy atom. The van der Waals surface area contributed by atoms with E-state index in [0.29, 0.717) is 0 Å². The van der Waals surface area contributed by atoms with Crippen LogP contribution in [0.15, 0.2) is 66.0 Å². The Morgan fingerprint density at radius 3 is 1.38 bits per heavy atom. The van der Waals surface area contributed by atoms with E-state index in [2.05, 4.69) is 64.1 Å². The Bertz CT molecular complexity index is 1130. The summed E-state index contributed by atoms with van der Waals surface area (Å²) in [6.07, 6.45) is 0. The van der Waals surface area contributed by atoms with E-state index >= 15 is 0 Å². The Kier molecular flexibility index (Phi) is 3.56. The van der Waals surface area contributed by atoms with Crippen LogP contribution in [0.4, 0.5) is 11.4 Å². The lowest BCUT2D eigenvalue weighted by atomic mass is 10.1. The van der Waals surface area contributed by atoms with Crippen LogP contribution < -0.4 is 10.7 Å². The van der Waals surface area contributed by atoms with Crippen LogP contribution in [0.5, 0.6) is 0 Å². The number of benzene rings is 3. The predicted molar refractivity (Wildman–Crippen MR) is 108 cm³/mol. The maximum atomic E-state index is 4.97. The summed E-state index contributed by atoms with van der Waals surface area (Å²) >= 11 is 3.62. The van der Waals surface area contributed by atoms with Gasteiger partial charge in [0.1, 0.15) is 0 Å². The van der Waals surface area contributed by atoms with E-state index in [1.165, 1.54) is 41.8 Å². The summed E-state index contributed by atoms with van der Waals surface area (Å²) in [6, 6.07) is 13.3. The molecule has 0 saturated carbocycles. The first-order valence-electron chi connectivity index (χ1n) is 8.68. The molecule has 3 aromatic rings. The zero-order valence-electron chi connectivity index (χ0n) is 15.2. The smallest absolute Gasteiger partial charge is 0.0806 e. The first-order valence-corrected chi connectivity index (χ1v) is 10.3. The highest BCUT2D eigenvalue weighted by molar-refractivity contribution is 8.00. The number of aryl methyl sites for hydroxylation is 4. The fourth-order valence-corrected chi connectivity index (χ4v) is 5.97. The van der Waals surface area contributed by atoms with Gasteiger partial charge in [0, 0.05) is 19.6 Å². The van der Waals surface area contributed by atoms with Gasteiger partial charge in [-0.05, 0) is 74.2 Å². The van der Waals surface area contributed by atoms with Gasteiger partial charge in [0.25, 0.3) is 0 Å². The summed E-state index contributed by atoms with van der Waals surface area (Å²) in [5, 5.41) is 2.12. The van der Waals surface area contributed by atoms with E-state index < -0.39 is 0 Å². The SMILES string of the molecule is Cc1cc(C)c2c(c1)Sc1cc3c(cc1=N2)Sc1cc(C)cc(C)c1N=3. The molecule has 0 radical (unpaired) electrons. The first kappa shape index (κ1) is 16.2. The molecule has 4 heteroatoms. The molecule has 0 N–H and O–H groups in total. The summed E-state index contributed by atoms with van der Waals surface area (Å²) in [6.45, 7) is 8.57. The van der Waals surface area contributed by atoms with Crippen LogP contribution in [-0.2, 0) is 0 Å². The van der Waals surface area contributed by atoms with E-state index in [1.54, 1.807) is 0 Å².